The number of carbonyl (C=O) groups is 1. The van der Waals surface area contributed by atoms with Gasteiger partial charge in [-0.3, -0.25) is 4.79 Å². The van der Waals surface area contributed by atoms with Crippen LogP contribution in [-0.4, -0.2) is 25.8 Å². The monoisotopic (exact) mass is 492 g/mol. The number of carbonyl (C=O) groups excluding carboxylic acids is 1. The number of ether oxygens (including phenoxy) is 1. The van der Waals surface area contributed by atoms with E-state index in [0.29, 0.717) is 26.6 Å². The lowest BCUT2D eigenvalue weighted by Crippen LogP contribution is -2.37. The number of halogens is 3. The Morgan fingerprint density at radius 1 is 1.21 bits per heavy atom. The molecule has 0 aliphatic carbocycles. The third kappa shape index (κ3) is 5.21. The fraction of sp³-hybridized carbons (Fsp3) is 0.111. The van der Waals surface area contributed by atoms with E-state index in [1.807, 2.05) is 0 Å². The fourth-order valence-corrected chi connectivity index (χ4v) is 4.59. The van der Waals surface area contributed by atoms with Crippen molar-refractivity contribution in [3.63, 3.8) is 0 Å². The molecule has 0 N–H and O–H groups in total. The maximum atomic E-state index is 13.2. The molecular formula is C18H15Cl3N2O4S2. The number of benzene rings is 1. The van der Waals surface area contributed by atoms with Crippen molar-refractivity contribution in [2.75, 3.05) is 11.4 Å². The zero-order valence-electron chi connectivity index (χ0n) is 15.2. The molecule has 0 unspecified atom stereocenters. The van der Waals surface area contributed by atoms with Crippen molar-refractivity contribution >= 4 is 68.0 Å². The molecule has 0 saturated heterocycles. The van der Waals surface area contributed by atoms with E-state index >= 15 is 0 Å². The van der Waals surface area contributed by atoms with Gasteiger partial charge in [-0.1, -0.05) is 41.4 Å². The van der Waals surface area contributed by atoms with Crippen molar-refractivity contribution in [1.82, 2.24) is 4.37 Å². The van der Waals surface area contributed by atoms with Gasteiger partial charge in [-0.15, -0.1) is 0 Å². The summed E-state index contributed by atoms with van der Waals surface area (Å²) in [7, 11) is -2.94. The zero-order chi connectivity index (χ0) is 21.8. The number of methoxy groups -OCH3 is 1. The molecule has 6 nitrogen and oxygen atoms in total. The molecule has 0 spiro atoms. The summed E-state index contributed by atoms with van der Waals surface area (Å²) in [5.74, 6) is -0.503. The summed E-state index contributed by atoms with van der Waals surface area (Å²) in [6.07, 6.45) is 4.28. The van der Waals surface area contributed by atoms with Crippen LogP contribution in [0.5, 0.6) is 0 Å². The number of hydrogen-bond acceptors (Lipinski definition) is 6. The molecule has 1 amide bonds. The predicted molar refractivity (Wildman–Crippen MR) is 118 cm³/mol. The van der Waals surface area contributed by atoms with Gasteiger partial charge in [-0.05, 0) is 60.9 Å². The standard InChI is InChI=1S/C18H15Cl3N2O4S2/c1-4-14(27-3)10-5-11(2)29(25,26)23(13-8-6-12(19)7-9-13)18(24)16-15(20)17(21)22-28-16/h4-10H,2H2,1,3H3/b10-5-,14-4+. The molecule has 0 aliphatic heterocycles. The van der Waals surface area contributed by atoms with Crippen LogP contribution in [0.2, 0.25) is 15.2 Å². The van der Waals surface area contributed by atoms with Crippen molar-refractivity contribution in [1.29, 1.82) is 0 Å². The Bertz CT molecular complexity index is 1090. The highest BCUT2D eigenvalue weighted by Crippen LogP contribution is 2.33. The molecule has 2 aromatic rings. The van der Waals surface area contributed by atoms with E-state index < -0.39 is 15.9 Å². The van der Waals surface area contributed by atoms with E-state index in [4.69, 9.17) is 39.5 Å². The Labute approximate surface area is 187 Å². The maximum Gasteiger partial charge on any atom is 0.285 e. The molecule has 0 atom stereocenters. The molecule has 11 heteroatoms. The normalized spacial score (nSPS) is 12.2. The smallest absolute Gasteiger partial charge is 0.285 e. The van der Waals surface area contributed by atoms with Gasteiger partial charge in [0.05, 0.1) is 17.7 Å². The SMILES string of the molecule is C=C(/C=C\C(=C/C)OC)S(=O)(=O)N(C(=O)c1snc(Cl)c1Cl)c1ccc(Cl)cc1. The average Bonchev–Trinajstić information content (AvgIpc) is 3.02. The number of hydrogen-bond donors (Lipinski definition) is 0. The van der Waals surface area contributed by atoms with E-state index in [1.165, 1.54) is 43.5 Å². The van der Waals surface area contributed by atoms with Crippen LogP contribution in [0.15, 0.2) is 59.7 Å². The van der Waals surface area contributed by atoms with Crippen LogP contribution in [0.4, 0.5) is 5.69 Å². The summed E-state index contributed by atoms with van der Waals surface area (Å²) in [6, 6.07) is 5.68. The largest absolute Gasteiger partial charge is 0.497 e. The first-order valence-electron chi connectivity index (χ1n) is 7.86. The molecule has 29 heavy (non-hydrogen) atoms. The van der Waals surface area contributed by atoms with Crippen LogP contribution in [-0.2, 0) is 14.8 Å². The Balaban J connectivity index is 2.57. The molecule has 0 saturated carbocycles. The second-order valence-electron chi connectivity index (χ2n) is 5.36. The van der Waals surface area contributed by atoms with Gasteiger partial charge >= 0.3 is 0 Å². The van der Waals surface area contributed by atoms with Gasteiger partial charge in [0.2, 0.25) is 0 Å². The maximum absolute atomic E-state index is 13.2. The molecule has 154 valence electrons. The lowest BCUT2D eigenvalue weighted by atomic mass is 10.3. The first-order valence-corrected chi connectivity index (χ1v) is 11.2. The lowest BCUT2D eigenvalue weighted by molar-refractivity contribution is 0.101. The Morgan fingerprint density at radius 2 is 1.83 bits per heavy atom. The van der Waals surface area contributed by atoms with Crippen LogP contribution in [0, 0.1) is 0 Å². The molecule has 2 rings (SSSR count). The number of amides is 1. The highest BCUT2D eigenvalue weighted by molar-refractivity contribution is 7.97. The molecule has 0 radical (unpaired) electrons. The van der Waals surface area contributed by atoms with Gasteiger partial charge in [0.15, 0.2) is 5.15 Å². The van der Waals surface area contributed by atoms with Crippen molar-refractivity contribution in [3.8, 4) is 0 Å². The van der Waals surface area contributed by atoms with E-state index in [1.54, 1.807) is 13.0 Å². The minimum absolute atomic E-state index is 0.0486. The Morgan fingerprint density at radius 3 is 2.31 bits per heavy atom. The Hall–Kier alpha value is -1.84. The fourth-order valence-electron chi connectivity index (χ4n) is 2.09. The second-order valence-corrected chi connectivity index (χ2v) is 9.15. The Kier molecular flexibility index (Phi) is 7.90. The van der Waals surface area contributed by atoms with Gasteiger partial charge in [-0.2, -0.15) is 8.68 Å². The van der Waals surface area contributed by atoms with Gasteiger partial charge in [0, 0.05) is 5.02 Å². The third-order valence-electron chi connectivity index (χ3n) is 3.56. The first kappa shape index (κ1) is 23.4. The van der Waals surface area contributed by atoms with Crippen molar-refractivity contribution in [2.24, 2.45) is 0 Å². The predicted octanol–water partition coefficient (Wildman–Crippen LogP) is 5.70. The minimum Gasteiger partial charge on any atom is -0.497 e. The molecule has 1 aromatic carbocycles. The second kappa shape index (κ2) is 9.77. The first-order chi connectivity index (χ1) is 13.6. The highest BCUT2D eigenvalue weighted by atomic mass is 35.5. The summed E-state index contributed by atoms with van der Waals surface area (Å²) < 4.78 is 35.8. The number of sulfonamides is 1. The van der Waals surface area contributed by atoms with E-state index in [0.717, 1.165) is 0 Å². The summed E-state index contributed by atoms with van der Waals surface area (Å²) in [6.45, 7) is 5.31. The van der Waals surface area contributed by atoms with Crippen LogP contribution in [0.1, 0.15) is 16.6 Å². The number of aromatic nitrogens is 1. The van der Waals surface area contributed by atoms with Crippen LogP contribution >= 0.6 is 46.3 Å². The quantitative estimate of drug-likeness (QED) is 0.365. The van der Waals surface area contributed by atoms with Crippen molar-refractivity contribution in [2.45, 2.75) is 6.92 Å². The van der Waals surface area contributed by atoms with Crippen molar-refractivity contribution in [3.05, 3.63) is 79.8 Å². The lowest BCUT2D eigenvalue weighted by Gasteiger charge is -2.22. The molecule has 0 bridgehead atoms. The van der Waals surface area contributed by atoms with Crippen molar-refractivity contribution < 1.29 is 17.9 Å². The van der Waals surface area contributed by atoms with Gasteiger partial charge in [-0.25, -0.2) is 8.42 Å². The number of rotatable bonds is 7. The topological polar surface area (TPSA) is 76.6 Å². The van der Waals surface area contributed by atoms with E-state index in [-0.39, 0.29) is 25.6 Å². The van der Waals surface area contributed by atoms with Crippen LogP contribution in [0.25, 0.3) is 0 Å². The van der Waals surface area contributed by atoms with E-state index in [9.17, 15) is 13.2 Å². The third-order valence-corrected chi connectivity index (χ3v) is 7.26. The van der Waals surface area contributed by atoms with Gasteiger partial charge in [0.25, 0.3) is 15.9 Å². The van der Waals surface area contributed by atoms with Gasteiger partial charge < -0.3 is 4.74 Å². The summed E-state index contributed by atoms with van der Waals surface area (Å²) in [5.41, 5.74) is 0.0486. The highest BCUT2D eigenvalue weighted by Gasteiger charge is 2.34. The molecule has 0 fully saturated rings. The summed E-state index contributed by atoms with van der Waals surface area (Å²) in [4.78, 5) is 12.6. The van der Waals surface area contributed by atoms with E-state index in [2.05, 4.69) is 11.0 Å². The molecule has 0 aliphatic rings. The number of anilines is 1. The summed E-state index contributed by atoms with van der Waals surface area (Å²) in [5, 5.41) is 0.145. The zero-order valence-corrected chi connectivity index (χ0v) is 19.1. The molecular weight excluding hydrogens is 479 g/mol. The van der Waals surface area contributed by atoms with Gasteiger partial charge in [0.1, 0.15) is 15.7 Å². The summed E-state index contributed by atoms with van der Waals surface area (Å²) >= 11 is 18.4. The number of nitrogens with zero attached hydrogens (tertiary/aromatic N) is 2. The number of allylic oxidation sites excluding steroid dienone is 3. The minimum atomic E-state index is -4.38. The average molecular weight is 494 g/mol. The molecule has 1 heterocycles. The molecule has 1 aromatic heterocycles. The van der Waals surface area contributed by atoms with Crippen LogP contribution < -0.4 is 4.31 Å². The van der Waals surface area contributed by atoms with Crippen LogP contribution in [0.3, 0.4) is 0 Å².